The summed E-state index contributed by atoms with van der Waals surface area (Å²) in [5.41, 5.74) is 5.24. The van der Waals surface area contributed by atoms with Gasteiger partial charge in [-0.1, -0.05) is 0 Å². The highest BCUT2D eigenvalue weighted by Gasteiger charge is 2.41. The van der Waals surface area contributed by atoms with Gasteiger partial charge in [0.15, 0.2) is 0 Å². The lowest BCUT2D eigenvalue weighted by Crippen LogP contribution is -2.61. The molecule has 7 heteroatoms. The Morgan fingerprint density at radius 1 is 1.08 bits per heavy atom. The van der Waals surface area contributed by atoms with Crippen molar-refractivity contribution >= 4 is 12.4 Å². The van der Waals surface area contributed by atoms with Crippen LogP contribution >= 0.6 is 12.4 Å². The molecule has 1 rings (SSSR count). The van der Waals surface area contributed by atoms with Crippen molar-refractivity contribution in [2.45, 2.75) is 30.6 Å². The Balaban J connectivity index is 0.00000144. The number of halogens is 1. The molecule has 0 spiro atoms. The second-order valence-electron chi connectivity index (χ2n) is 2.79. The van der Waals surface area contributed by atoms with Crippen LogP contribution in [0.15, 0.2) is 0 Å². The molecule has 0 aromatic rings. The van der Waals surface area contributed by atoms with E-state index < -0.39 is 37.3 Å². The maximum Gasteiger partial charge on any atom is 0.135 e. The molecule has 0 aromatic carbocycles. The number of aliphatic hydroxyl groups excluding tert-OH is 4. The van der Waals surface area contributed by atoms with Crippen LogP contribution in [0, 0.1) is 0 Å². The minimum Gasteiger partial charge on any atom is -0.394 e. The van der Waals surface area contributed by atoms with Gasteiger partial charge < -0.3 is 30.9 Å². The number of aliphatic hydroxyl groups is 4. The quantitative estimate of drug-likeness (QED) is 0.322. The zero-order valence-electron chi connectivity index (χ0n) is 6.78. The summed E-state index contributed by atoms with van der Waals surface area (Å²) >= 11 is 0. The average Bonchev–Trinajstić information content (AvgIpc) is 2.08. The van der Waals surface area contributed by atoms with Crippen LogP contribution in [0.3, 0.4) is 0 Å². The highest BCUT2D eigenvalue weighted by atomic mass is 35.5. The molecule has 1 aliphatic heterocycles. The molecular weight excluding hydrogens is 202 g/mol. The smallest absolute Gasteiger partial charge is 0.135 e. The van der Waals surface area contributed by atoms with Crippen LogP contribution in [-0.4, -0.2) is 57.7 Å². The average molecular weight is 216 g/mol. The SMILES string of the molecule is Cl.N[C@H]1O[C@H](CO)[C@@H](O)[C@H](O)[C@H]1O. The molecule has 1 aliphatic rings. The second-order valence-corrected chi connectivity index (χ2v) is 2.79. The molecule has 1 heterocycles. The maximum atomic E-state index is 9.18. The van der Waals surface area contributed by atoms with Crippen LogP contribution in [0.4, 0.5) is 0 Å². The first-order chi connectivity index (χ1) is 5.57. The number of hydrogen-bond acceptors (Lipinski definition) is 6. The standard InChI is InChI=1S/C6H13NO5.ClH/c7-6-5(11)4(10)3(9)2(1-8)12-6;/h2-6,8-11H,1,7H2;1H/t2-,3-,4+,5-,6+;/m1./s1. The fourth-order valence-electron chi connectivity index (χ4n) is 1.13. The van der Waals surface area contributed by atoms with Crippen LogP contribution in [0.1, 0.15) is 0 Å². The lowest BCUT2D eigenvalue weighted by molar-refractivity contribution is -0.227. The molecule has 0 bridgehead atoms. The number of nitrogens with two attached hydrogens (primary N) is 1. The Morgan fingerprint density at radius 2 is 1.62 bits per heavy atom. The van der Waals surface area contributed by atoms with Gasteiger partial charge in [-0.2, -0.15) is 0 Å². The maximum absolute atomic E-state index is 9.18. The Kier molecular flexibility index (Phi) is 5.08. The first-order valence-corrected chi connectivity index (χ1v) is 3.64. The first kappa shape index (κ1) is 13.1. The molecule has 1 saturated heterocycles. The molecular formula is C6H14ClNO5. The van der Waals surface area contributed by atoms with Crippen LogP contribution in [0.5, 0.6) is 0 Å². The third-order valence-electron chi connectivity index (χ3n) is 1.93. The van der Waals surface area contributed by atoms with Crippen LogP contribution in [0.2, 0.25) is 0 Å². The van der Waals surface area contributed by atoms with Gasteiger partial charge in [-0.15, -0.1) is 12.4 Å². The topological polar surface area (TPSA) is 116 Å². The van der Waals surface area contributed by atoms with Crippen molar-refractivity contribution in [1.29, 1.82) is 0 Å². The summed E-state index contributed by atoms with van der Waals surface area (Å²) in [5.74, 6) is 0. The van der Waals surface area contributed by atoms with E-state index in [0.717, 1.165) is 0 Å². The van der Waals surface area contributed by atoms with Gasteiger partial charge >= 0.3 is 0 Å². The molecule has 5 atom stereocenters. The van der Waals surface area contributed by atoms with Gasteiger partial charge in [0.2, 0.25) is 0 Å². The zero-order valence-corrected chi connectivity index (χ0v) is 7.59. The Morgan fingerprint density at radius 3 is 2.08 bits per heavy atom. The van der Waals surface area contributed by atoms with E-state index in [2.05, 4.69) is 0 Å². The van der Waals surface area contributed by atoms with E-state index in [1.807, 2.05) is 0 Å². The Hall–Kier alpha value is 0.0500. The summed E-state index contributed by atoms with van der Waals surface area (Å²) in [4.78, 5) is 0. The fraction of sp³-hybridized carbons (Fsp3) is 1.00. The highest BCUT2D eigenvalue weighted by molar-refractivity contribution is 5.85. The molecule has 0 amide bonds. The zero-order chi connectivity index (χ0) is 9.30. The van der Waals surface area contributed by atoms with Crippen LogP contribution in [-0.2, 0) is 4.74 Å². The van der Waals surface area contributed by atoms with Crippen LogP contribution in [0.25, 0.3) is 0 Å². The van der Waals surface area contributed by atoms with Crippen molar-refractivity contribution in [3.05, 3.63) is 0 Å². The largest absolute Gasteiger partial charge is 0.394 e. The van der Waals surface area contributed by atoms with Crippen molar-refractivity contribution < 1.29 is 25.2 Å². The van der Waals surface area contributed by atoms with Crippen molar-refractivity contribution in [2.75, 3.05) is 6.61 Å². The molecule has 1 fully saturated rings. The molecule has 0 radical (unpaired) electrons. The molecule has 6 nitrogen and oxygen atoms in total. The van der Waals surface area contributed by atoms with Gasteiger partial charge in [0, 0.05) is 0 Å². The van der Waals surface area contributed by atoms with Gasteiger partial charge in [-0.3, -0.25) is 0 Å². The Labute approximate surface area is 81.3 Å². The van der Waals surface area contributed by atoms with E-state index in [9.17, 15) is 5.11 Å². The molecule has 0 unspecified atom stereocenters. The van der Waals surface area contributed by atoms with E-state index in [0.29, 0.717) is 0 Å². The predicted molar refractivity (Wildman–Crippen MR) is 45.2 cm³/mol. The first-order valence-electron chi connectivity index (χ1n) is 3.64. The molecule has 6 N–H and O–H groups in total. The second kappa shape index (κ2) is 5.06. The number of rotatable bonds is 1. The van der Waals surface area contributed by atoms with Gasteiger partial charge in [0.05, 0.1) is 6.61 Å². The summed E-state index contributed by atoms with van der Waals surface area (Å²) in [6.45, 7) is -0.446. The molecule has 13 heavy (non-hydrogen) atoms. The summed E-state index contributed by atoms with van der Waals surface area (Å²) in [5, 5.41) is 36.1. The van der Waals surface area contributed by atoms with Crippen molar-refractivity contribution in [2.24, 2.45) is 5.73 Å². The fourth-order valence-corrected chi connectivity index (χ4v) is 1.13. The van der Waals surface area contributed by atoms with Gasteiger partial charge in [0.1, 0.15) is 30.6 Å². The summed E-state index contributed by atoms with van der Waals surface area (Å²) in [6, 6.07) is 0. The van der Waals surface area contributed by atoms with Gasteiger partial charge in [-0.25, -0.2) is 0 Å². The molecule has 80 valence electrons. The molecule has 0 aliphatic carbocycles. The van der Waals surface area contributed by atoms with E-state index in [-0.39, 0.29) is 12.4 Å². The number of hydrogen-bond donors (Lipinski definition) is 5. The van der Waals surface area contributed by atoms with Crippen molar-refractivity contribution in [3.63, 3.8) is 0 Å². The number of ether oxygens (including phenoxy) is 1. The summed E-state index contributed by atoms with van der Waals surface area (Å²) in [7, 11) is 0. The monoisotopic (exact) mass is 215 g/mol. The molecule has 0 saturated carbocycles. The molecule has 0 aromatic heterocycles. The minimum absolute atomic E-state index is 0. The predicted octanol–water partition coefficient (Wildman–Crippen LogP) is -2.83. The lowest BCUT2D eigenvalue weighted by Gasteiger charge is -2.38. The van der Waals surface area contributed by atoms with Gasteiger partial charge in [-0.05, 0) is 0 Å². The van der Waals surface area contributed by atoms with E-state index in [1.165, 1.54) is 0 Å². The minimum atomic E-state index is -1.37. The van der Waals surface area contributed by atoms with E-state index >= 15 is 0 Å². The summed E-state index contributed by atoms with van der Waals surface area (Å²) in [6.07, 6.45) is -5.99. The van der Waals surface area contributed by atoms with E-state index in [4.69, 9.17) is 25.8 Å². The van der Waals surface area contributed by atoms with Crippen molar-refractivity contribution in [1.82, 2.24) is 0 Å². The third-order valence-corrected chi connectivity index (χ3v) is 1.93. The normalized spacial score (nSPS) is 45.5. The summed E-state index contributed by atoms with van der Waals surface area (Å²) < 4.78 is 4.80. The highest BCUT2D eigenvalue weighted by Crippen LogP contribution is 2.17. The lowest BCUT2D eigenvalue weighted by atomic mass is 9.99. The van der Waals surface area contributed by atoms with Gasteiger partial charge in [0.25, 0.3) is 0 Å². The Bertz CT molecular complexity index is 155. The van der Waals surface area contributed by atoms with E-state index in [1.54, 1.807) is 0 Å². The van der Waals surface area contributed by atoms with Crippen LogP contribution < -0.4 is 5.73 Å². The third kappa shape index (κ3) is 2.50. The van der Waals surface area contributed by atoms with Crippen molar-refractivity contribution in [3.8, 4) is 0 Å².